The number of aromatic carboxylic acids is 1. The molecule has 1 aromatic rings. The molecule has 6 nitrogen and oxygen atoms in total. The first-order valence-corrected chi connectivity index (χ1v) is 5.13. The Labute approximate surface area is 94.9 Å². The Morgan fingerprint density at radius 3 is 2.94 bits per heavy atom. The highest BCUT2D eigenvalue weighted by Crippen LogP contribution is 2.09. The van der Waals surface area contributed by atoms with Gasteiger partial charge in [-0.15, -0.1) is 0 Å². The molecule has 0 amide bonds. The maximum atomic E-state index is 10.9. The zero-order valence-corrected chi connectivity index (χ0v) is 9.90. The summed E-state index contributed by atoms with van der Waals surface area (Å²) in [4.78, 5) is 13.0. The van der Waals surface area contributed by atoms with Crippen LogP contribution in [-0.4, -0.2) is 52.9 Å². The molecule has 1 rings (SSSR count). The van der Waals surface area contributed by atoms with Crippen molar-refractivity contribution in [3.05, 3.63) is 17.5 Å². The lowest BCUT2D eigenvalue weighted by molar-refractivity contribution is 0.0694. The lowest BCUT2D eigenvalue weighted by Gasteiger charge is -2.16. The summed E-state index contributed by atoms with van der Waals surface area (Å²) in [5.41, 5.74) is 1.00. The molecule has 90 valence electrons. The molecule has 0 atom stereocenters. The van der Waals surface area contributed by atoms with Crippen LogP contribution in [0, 0.1) is 0 Å². The Balaban J connectivity index is 2.71. The summed E-state index contributed by atoms with van der Waals surface area (Å²) in [5.74, 6) is -0.926. The lowest BCUT2D eigenvalue weighted by atomic mass is 10.2. The molecule has 0 fully saturated rings. The number of carboxylic acids is 1. The molecular weight excluding hydrogens is 208 g/mol. The van der Waals surface area contributed by atoms with Gasteiger partial charge in [0.05, 0.1) is 11.9 Å². The van der Waals surface area contributed by atoms with Gasteiger partial charge >= 0.3 is 5.97 Å². The zero-order valence-electron chi connectivity index (χ0n) is 9.90. The summed E-state index contributed by atoms with van der Waals surface area (Å²) in [7, 11) is 5.60. The van der Waals surface area contributed by atoms with Crippen LogP contribution in [0.3, 0.4) is 0 Å². The second-order valence-electron chi connectivity index (χ2n) is 3.78. The molecule has 0 radical (unpaired) electrons. The third-order valence-corrected chi connectivity index (χ3v) is 2.46. The van der Waals surface area contributed by atoms with E-state index in [1.165, 1.54) is 6.20 Å². The van der Waals surface area contributed by atoms with Crippen molar-refractivity contribution in [3.63, 3.8) is 0 Å². The lowest BCUT2D eigenvalue weighted by Crippen LogP contribution is -2.28. The standard InChI is InChI=1S/C10H18N4O2/c1-11-4-5-13(2)7-9-8(10(15)16)6-12-14(9)3/h6,11H,4-5,7H2,1-3H3,(H,15,16). The molecule has 16 heavy (non-hydrogen) atoms. The average molecular weight is 226 g/mol. The minimum atomic E-state index is -0.926. The largest absolute Gasteiger partial charge is 0.478 e. The van der Waals surface area contributed by atoms with E-state index >= 15 is 0 Å². The second kappa shape index (κ2) is 5.62. The van der Waals surface area contributed by atoms with Crippen molar-refractivity contribution >= 4 is 5.97 Å². The molecule has 0 spiro atoms. The van der Waals surface area contributed by atoms with Gasteiger partial charge in [0.1, 0.15) is 5.56 Å². The molecule has 0 aliphatic carbocycles. The highest BCUT2D eigenvalue weighted by molar-refractivity contribution is 5.88. The van der Waals surface area contributed by atoms with Crippen LogP contribution in [0.1, 0.15) is 16.1 Å². The maximum Gasteiger partial charge on any atom is 0.339 e. The second-order valence-corrected chi connectivity index (χ2v) is 3.78. The third kappa shape index (κ3) is 3.04. The molecule has 0 unspecified atom stereocenters. The van der Waals surface area contributed by atoms with Crippen LogP contribution in [0.5, 0.6) is 0 Å². The number of hydrogen-bond acceptors (Lipinski definition) is 4. The molecule has 1 aromatic heterocycles. The van der Waals surface area contributed by atoms with Crippen molar-refractivity contribution in [2.45, 2.75) is 6.54 Å². The molecule has 2 N–H and O–H groups in total. The number of aromatic nitrogens is 2. The van der Waals surface area contributed by atoms with Crippen molar-refractivity contribution in [1.82, 2.24) is 20.0 Å². The molecule has 0 aromatic carbocycles. The topological polar surface area (TPSA) is 70.4 Å². The van der Waals surface area contributed by atoms with Crippen molar-refractivity contribution in [3.8, 4) is 0 Å². The smallest absolute Gasteiger partial charge is 0.339 e. The molecule has 0 bridgehead atoms. The fourth-order valence-electron chi connectivity index (χ4n) is 1.47. The number of carboxylic acid groups (broad SMARTS) is 1. The van der Waals surface area contributed by atoms with Gasteiger partial charge in [-0.25, -0.2) is 4.79 Å². The Bertz CT molecular complexity index is 362. The van der Waals surface area contributed by atoms with Crippen LogP contribution in [0.2, 0.25) is 0 Å². The Kier molecular flexibility index (Phi) is 4.45. The summed E-state index contributed by atoms with van der Waals surface area (Å²) in [6, 6.07) is 0. The van der Waals surface area contributed by atoms with E-state index in [1.54, 1.807) is 11.7 Å². The molecule has 0 aliphatic rings. The van der Waals surface area contributed by atoms with Crippen molar-refractivity contribution in [2.75, 3.05) is 27.2 Å². The number of rotatable bonds is 6. The van der Waals surface area contributed by atoms with Crippen LogP contribution < -0.4 is 5.32 Å². The monoisotopic (exact) mass is 226 g/mol. The van der Waals surface area contributed by atoms with E-state index in [1.807, 2.05) is 14.1 Å². The van der Waals surface area contributed by atoms with E-state index < -0.39 is 5.97 Å². The number of aryl methyl sites for hydroxylation is 1. The Hall–Kier alpha value is -1.40. The number of hydrogen-bond donors (Lipinski definition) is 2. The normalized spacial score (nSPS) is 11.0. The summed E-state index contributed by atoms with van der Waals surface area (Å²) in [6.45, 7) is 2.32. The van der Waals surface area contributed by atoms with E-state index in [0.29, 0.717) is 6.54 Å². The first-order valence-electron chi connectivity index (χ1n) is 5.13. The van der Waals surface area contributed by atoms with Crippen molar-refractivity contribution in [2.24, 2.45) is 7.05 Å². The zero-order chi connectivity index (χ0) is 12.1. The van der Waals surface area contributed by atoms with Gasteiger partial charge < -0.3 is 10.4 Å². The predicted octanol–water partition coefficient (Wildman–Crippen LogP) is -0.230. The van der Waals surface area contributed by atoms with E-state index in [0.717, 1.165) is 18.8 Å². The van der Waals surface area contributed by atoms with Crippen LogP contribution in [-0.2, 0) is 13.6 Å². The third-order valence-electron chi connectivity index (χ3n) is 2.46. The van der Waals surface area contributed by atoms with Gasteiger partial charge in [-0.2, -0.15) is 5.10 Å². The van der Waals surface area contributed by atoms with Crippen LogP contribution in [0.15, 0.2) is 6.20 Å². The van der Waals surface area contributed by atoms with Gasteiger partial charge in [-0.3, -0.25) is 9.58 Å². The number of nitrogens with zero attached hydrogens (tertiary/aromatic N) is 3. The summed E-state index contributed by atoms with van der Waals surface area (Å²) in [5, 5.41) is 16.0. The van der Waals surface area contributed by atoms with Crippen LogP contribution in [0.25, 0.3) is 0 Å². The Morgan fingerprint density at radius 2 is 2.38 bits per heavy atom. The van der Waals surface area contributed by atoms with E-state index in [9.17, 15) is 4.79 Å². The first-order chi connectivity index (χ1) is 7.56. The molecule has 1 heterocycles. The fourth-order valence-corrected chi connectivity index (χ4v) is 1.47. The van der Waals surface area contributed by atoms with Gasteiger partial charge in [0.15, 0.2) is 0 Å². The quantitative estimate of drug-likeness (QED) is 0.701. The fraction of sp³-hybridized carbons (Fsp3) is 0.600. The predicted molar refractivity (Wildman–Crippen MR) is 60.4 cm³/mol. The number of nitrogens with one attached hydrogen (secondary N) is 1. The summed E-state index contributed by atoms with van der Waals surface area (Å²) in [6.07, 6.45) is 1.39. The molecule has 0 saturated heterocycles. The molecule has 0 aliphatic heterocycles. The van der Waals surface area contributed by atoms with Crippen molar-refractivity contribution < 1.29 is 9.90 Å². The minimum Gasteiger partial charge on any atom is -0.478 e. The average Bonchev–Trinajstić information content (AvgIpc) is 2.58. The first kappa shape index (κ1) is 12.7. The summed E-state index contributed by atoms with van der Waals surface area (Å²) >= 11 is 0. The van der Waals surface area contributed by atoms with Gasteiger partial charge in [0.25, 0.3) is 0 Å². The number of carbonyl (C=O) groups is 1. The molecule has 6 heteroatoms. The van der Waals surface area contributed by atoms with E-state index in [2.05, 4.69) is 15.3 Å². The maximum absolute atomic E-state index is 10.9. The molecular formula is C10H18N4O2. The highest BCUT2D eigenvalue weighted by atomic mass is 16.4. The Morgan fingerprint density at radius 1 is 1.69 bits per heavy atom. The van der Waals surface area contributed by atoms with Crippen molar-refractivity contribution in [1.29, 1.82) is 0 Å². The van der Waals surface area contributed by atoms with E-state index in [-0.39, 0.29) is 5.56 Å². The van der Waals surface area contributed by atoms with Gasteiger partial charge in [0.2, 0.25) is 0 Å². The molecule has 0 saturated carbocycles. The number of likely N-dealkylation sites (N-methyl/N-ethyl adjacent to an activating group) is 2. The van der Waals surface area contributed by atoms with Gasteiger partial charge in [0, 0.05) is 26.7 Å². The van der Waals surface area contributed by atoms with Gasteiger partial charge in [-0.1, -0.05) is 0 Å². The van der Waals surface area contributed by atoms with E-state index in [4.69, 9.17) is 5.11 Å². The summed E-state index contributed by atoms with van der Waals surface area (Å²) < 4.78 is 1.61. The van der Waals surface area contributed by atoms with Gasteiger partial charge in [-0.05, 0) is 14.1 Å². The van der Waals surface area contributed by atoms with Crippen LogP contribution >= 0.6 is 0 Å². The SMILES string of the molecule is CNCCN(C)Cc1c(C(=O)O)cnn1C. The highest BCUT2D eigenvalue weighted by Gasteiger charge is 2.15. The minimum absolute atomic E-state index is 0.277. The van der Waals surface area contributed by atoms with Crippen LogP contribution in [0.4, 0.5) is 0 Å².